The zero-order chi connectivity index (χ0) is 13.0. The first kappa shape index (κ1) is 12.6. The second kappa shape index (κ2) is 5.69. The Morgan fingerprint density at radius 2 is 2.11 bits per heavy atom. The van der Waals surface area contributed by atoms with Gasteiger partial charge in [-0.15, -0.1) is 0 Å². The molecule has 1 heterocycles. The molecule has 0 atom stereocenters. The fourth-order valence-electron chi connectivity index (χ4n) is 1.53. The van der Waals surface area contributed by atoms with E-state index < -0.39 is 0 Å². The lowest BCUT2D eigenvalue weighted by Gasteiger charge is -2.07. The molecule has 0 saturated heterocycles. The van der Waals surface area contributed by atoms with E-state index in [1.54, 1.807) is 12.3 Å². The van der Waals surface area contributed by atoms with Crippen molar-refractivity contribution in [3.05, 3.63) is 35.5 Å². The predicted octanol–water partition coefficient (Wildman–Crippen LogP) is 3.20. The lowest BCUT2D eigenvalue weighted by atomic mass is 10.1. The molecule has 0 unspecified atom stereocenters. The molecule has 0 amide bonds. The number of hydrogen-bond acceptors (Lipinski definition) is 4. The molecule has 4 nitrogen and oxygen atoms in total. The van der Waals surface area contributed by atoms with E-state index in [9.17, 15) is 0 Å². The summed E-state index contributed by atoms with van der Waals surface area (Å²) in [5.74, 6) is 0.670. The van der Waals surface area contributed by atoms with Gasteiger partial charge in [-0.1, -0.05) is 11.6 Å². The number of halogens is 1. The maximum atomic E-state index is 6.13. The second-order valence-corrected chi connectivity index (χ2v) is 3.91. The van der Waals surface area contributed by atoms with Gasteiger partial charge in [0.1, 0.15) is 5.75 Å². The molecule has 0 spiro atoms. The molecule has 0 aliphatic rings. The highest BCUT2D eigenvalue weighted by Gasteiger charge is 2.06. The van der Waals surface area contributed by atoms with Crippen LogP contribution in [0.15, 0.2) is 30.5 Å². The van der Waals surface area contributed by atoms with E-state index in [0.717, 1.165) is 11.3 Å². The molecule has 18 heavy (non-hydrogen) atoms. The minimum atomic E-state index is 0.331. The van der Waals surface area contributed by atoms with Gasteiger partial charge in [0.2, 0.25) is 0 Å². The highest BCUT2D eigenvalue weighted by molar-refractivity contribution is 6.32. The van der Waals surface area contributed by atoms with Crippen LogP contribution in [0.4, 0.5) is 0 Å². The van der Waals surface area contributed by atoms with Gasteiger partial charge in [-0.2, -0.15) is 4.98 Å². The summed E-state index contributed by atoms with van der Waals surface area (Å²) in [5.41, 5.74) is 1.65. The van der Waals surface area contributed by atoms with Crippen LogP contribution in [0, 0.1) is 0 Å². The molecule has 0 aliphatic carbocycles. The van der Waals surface area contributed by atoms with Gasteiger partial charge >= 0.3 is 6.01 Å². The number of benzene rings is 1. The molecule has 1 aromatic heterocycles. The first-order chi connectivity index (χ1) is 8.74. The standard InChI is InChI=1S/C13H13ClN2O2/c1-3-18-12-5-4-9(8-10(12)14)11-6-7-15-13(16-11)17-2/h4-8H,3H2,1-2H3. The van der Waals surface area contributed by atoms with Gasteiger partial charge in [0, 0.05) is 11.8 Å². The molecule has 5 heteroatoms. The molecule has 0 radical (unpaired) electrons. The quantitative estimate of drug-likeness (QED) is 0.851. The fraction of sp³-hybridized carbons (Fsp3) is 0.231. The Labute approximate surface area is 111 Å². The van der Waals surface area contributed by atoms with Crippen molar-refractivity contribution in [3.63, 3.8) is 0 Å². The molecular formula is C13H13ClN2O2. The Balaban J connectivity index is 2.35. The highest BCUT2D eigenvalue weighted by atomic mass is 35.5. The molecular weight excluding hydrogens is 252 g/mol. The van der Waals surface area contributed by atoms with E-state index in [0.29, 0.717) is 23.4 Å². The fourth-order valence-corrected chi connectivity index (χ4v) is 1.77. The molecule has 0 saturated carbocycles. The minimum Gasteiger partial charge on any atom is -0.492 e. The van der Waals surface area contributed by atoms with Gasteiger partial charge in [-0.25, -0.2) is 4.98 Å². The summed E-state index contributed by atoms with van der Waals surface area (Å²) in [6.07, 6.45) is 1.64. The third-order valence-corrected chi connectivity index (χ3v) is 2.64. The van der Waals surface area contributed by atoms with Crippen molar-refractivity contribution in [1.82, 2.24) is 9.97 Å². The average molecular weight is 265 g/mol. The topological polar surface area (TPSA) is 44.2 Å². The van der Waals surface area contributed by atoms with E-state index in [1.165, 1.54) is 7.11 Å². The lowest BCUT2D eigenvalue weighted by Crippen LogP contribution is -1.94. The zero-order valence-corrected chi connectivity index (χ0v) is 10.9. The first-order valence-electron chi connectivity index (χ1n) is 5.54. The summed E-state index contributed by atoms with van der Waals surface area (Å²) in [5, 5.41) is 0.562. The van der Waals surface area contributed by atoms with Gasteiger partial charge in [0.05, 0.1) is 24.4 Å². The SMILES string of the molecule is CCOc1ccc(-c2ccnc(OC)n2)cc1Cl. The zero-order valence-electron chi connectivity index (χ0n) is 10.2. The first-order valence-corrected chi connectivity index (χ1v) is 5.92. The maximum Gasteiger partial charge on any atom is 0.316 e. The van der Waals surface area contributed by atoms with Gasteiger partial charge in [0.25, 0.3) is 0 Å². The van der Waals surface area contributed by atoms with E-state index in [2.05, 4.69) is 9.97 Å². The van der Waals surface area contributed by atoms with Gasteiger partial charge in [0.15, 0.2) is 0 Å². The Hall–Kier alpha value is -1.81. The highest BCUT2D eigenvalue weighted by Crippen LogP contribution is 2.29. The van der Waals surface area contributed by atoms with Crippen molar-refractivity contribution in [2.45, 2.75) is 6.92 Å². The summed E-state index contributed by atoms with van der Waals surface area (Å²) < 4.78 is 10.4. The van der Waals surface area contributed by atoms with Crippen molar-refractivity contribution < 1.29 is 9.47 Å². The van der Waals surface area contributed by atoms with Crippen LogP contribution < -0.4 is 9.47 Å². The molecule has 94 valence electrons. The van der Waals surface area contributed by atoms with Crippen LogP contribution in [-0.2, 0) is 0 Å². The van der Waals surface area contributed by atoms with Crippen LogP contribution in [0.5, 0.6) is 11.8 Å². The molecule has 1 aromatic carbocycles. The van der Waals surface area contributed by atoms with Crippen LogP contribution in [0.2, 0.25) is 5.02 Å². The third kappa shape index (κ3) is 2.71. The lowest BCUT2D eigenvalue weighted by molar-refractivity contribution is 0.340. The van der Waals surface area contributed by atoms with Crippen LogP contribution in [0.3, 0.4) is 0 Å². The monoisotopic (exact) mass is 264 g/mol. The number of methoxy groups -OCH3 is 1. The Kier molecular flexibility index (Phi) is 3.99. The number of hydrogen-bond donors (Lipinski definition) is 0. The summed E-state index contributed by atoms with van der Waals surface area (Å²) >= 11 is 6.13. The van der Waals surface area contributed by atoms with Crippen LogP contribution >= 0.6 is 11.6 Å². The molecule has 2 aromatic rings. The van der Waals surface area contributed by atoms with Crippen molar-refractivity contribution >= 4 is 11.6 Å². The summed E-state index contributed by atoms with van der Waals surface area (Å²) in [4.78, 5) is 8.21. The van der Waals surface area contributed by atoms with Crippen LogP contribution in [0.1, 0.15) is 6.92 Å². The summed E-state index contributed by atoms with van der Waals surface area (Å²) in [6.45, 7) is 2.50. The number of nitrogens with zero attached hydrogens (tertiary/aromatic N) is 2. The molecule has 0 fully saturated rings. The van der Waals surface area contributed by atoms with E-state index >= 15 is 0 Å². The maximum absolute atomic E-state index is 6.13. The van der Waals surface area contributed by atoms with Crippen LogP contribution in [0.25, 0.3) is 11.3 Å². The number of ether oxygens (including phenoxy) is 2. The smallest absolute Gasteiger partial charge is 0.316 e. The van der Waals surface area contributed by atoms with E-state index in [-0.39, 0.29) is 0 Å². The van der Waals surface area contributed by atoms with Gasteiger partial charge in [-0.3, -0.25) is 0 Å². The summed E-state index contributed by atoms with van der Waals surface area (Å²) in [7, 11) is 1.53. The van der Waals surface area contributed by atoms with Crippen molar-refractivity contribution in [2.75, 3.05) is 13.7 Å². The second-order valence-electron chi connectivity index (χ2n) is 3.51. The molecule has 0 N–H and O–H groups in total. The number of aromatic nitrogens is 2. The third-order valence-electron chi connectivity index (χ3n) is 2.34. The van der Waals surface area contributed by atoms with Crippen LogP contribution in [-0.4, -0.2) is 23.7 Å². The Morgan fingerprint density at radius 1 is 1.28 bits per heavy atom. The number of rotatable bonds is 4. The molecule has 0 bridgehead atoms. The minimum absolute atomic E-state index is 0.331. The summed E-state index contributed by atoms with van der Waals surface area (Å²) in [6, 6.07) is 7.68. The van der Waals surface area contributed by atoms with Gasteiger partial charge in [-0.05, 0) is 31.2 Å². The van der Waals surface area contributed by atoms with Crippen molar-refractivity contribution in [2.24, 2.45) is 0 Å². The molecule has 2 rings (SSSR count). The predicted molar refractivity (Wildman–Crippen MR) is 70.2 cm³/mol. The largest absolute Gasteiger partial charge is 0.492 e. The van der Waals surface area contributed by atoms with E-state index in [4.69, 9.17) is 21.1 Å². The Bertz CT molecular complexity index is 546. The van der Waals surface area contributed by atoms with Crippen molar-refractivity contribution in [1.29, 1.82) is 0 Å². The molecule has 0 aliphatic heterocycles. The normalized spacial score (nSPS) is 10.2. The van der Waals surface area contributed by atoms with Gasteiger partial charge < -0.3 is 9.47 Å². The Morgan fingerprint density at radius 3 is 2.78 bits per heavy atom. The average Bonchev–Trinajstić information content (AvgIpc) is 2.41. The van der Waals surface area contributed by atoms with Crippen molar-refractivity contribution in [3.8, 4) is 23.0 Å². The van der Waals surface area contributed by atoms with E-state index in [1.807, 2.05) is 25.1 Å².